The van der Waals surface area contributed by atoms with Crippen LogP contribution < -0.4 is 11.5 Å². The van der Waals surface area contributed by atoms with Crippen LogP contribution in [0.25, 0.3) is 0 Å². The standard InChI is InChI=1S/C5H12N2O2.ClHO/c6-3-1-2-4(7)5(8)9;1-2/h4H,1-3,6-7H2,(H,8,9);2H/t4-;/m0./s1. The molecule has 6 heteroatoms. The van der Waals surface area contributed by atoms with Gasteiger partial charge in [0.15, 0.2) is 0 Å². The first kappa shape index (κ1) is 13.2. The molecule has 0 rings (SSSR count). The Bertz CT molecular complexity index is 102. The van der Waals surface area contributed by atoms with E-state index < -0.39 is 12.0 Å². The average Bonchev–Trinajstić information content (AvgIpc) is 2.03. The summed E-state index contributed by atoms with van der Waals surface area (Å²) in [5.41, 5.74) is 10.3. The van der Waals surface area contributed by atoms with Crippen LogP contribution in [0, 0.1) is 0 Å². The predicted molar refractivity (Wildman–Crippen MR) is 42.0 cm³/mol. The number of hydrogen-bond donors (Lipinski definition) is 4. The molecule has 0 aromatic rings. The van der Waals surface area contributed by atoms with Gasteiger partial charge in [-0.1, -0.05) is 0 Å². The van der Waals surface area contributed by atoms with E-state index in [0.29, 0.717) is 19.4 Å². The summed E-state index contributed by atoms with van der Waals surface area (Å²) in [4.78, 5) is 10.0. The normalized spacial score (nSPS) is 11.3. The zero-order valence-electron chi connectivity index (χ0n) is 6.03. The van der Waals surface area contributed by atoms with Crippen LogP contribution in [-0.2, 0) is 4.79 Å². The second kappa shape index (κ2) is 9.64. The van der Waals surface area contributed by atoms with E-state index >= 15 is 0 Å². The maximum atomic E-state index is 10.0. The summed E-state index contributed by atoms with van der Waals surface area (Å²) in [7, 11) is 0. The Morgan fingerprint density at radius 2 is 2.00 bits per heavy atom. The Labute approximate surface area is 70.1 Å². The maximum absolute atomic E-state index is 10.0. The molecule has 68 valence electrons. The van der Waals surface area contributed by atoms with Gasteiger partial charge in [-0.3, -0.25) is 9.45 Å². The van der Waals surface area contributed by atoms with Crippen molar-refractivity contribution in [1.82, 2.24) is 0 Å². The number of aliphatic carboxylic acids is 1. The first-order valence-corrected chi connectivity index (χ1v) is 3.37. The van der Waals surface area contributed by atoms with Gasteiger partial charge in [0.05, 0.1) is 11.9 Å². The molecule has 0 fully saturated rings. The highest BCUT2D eigenvalue weighted by atomic mass is 35.5. The molecule has 0 aromatic carbocycles. The van der Waals surface area contributed by atoms with Crippen molar-refractivity contribution in [3.8, 4) is 0 Å². The van der Waals surface area contributed by atoms with Gasteiger partial charge in [0.2, 0.25) is 0 Å². The van der Waals surface area contributed by atoms with Crippen LogP contribution in [0.2, 0.25) is 0 Å². The molecular formula is C5H13ClN2O3. The van der Waals surface area contributed by atoms with Gasteiger partial charge in [-0.15, -0.1) is 0 Å². The summed E-state index contributed by atoms with van der Waals surface area (Å²) in [6.45, 7) is 0.501. The van der Waals surface area contributed by atoms with E-state index in [1.165, 1.54) is 0 Å². The van der Waals surface area contributed by atoms with Crippen LogP contribution in [-0.4, -0.2) is 28.3 Å². The third-order valence-corrected chi connectivity index (χ3v) is 1.04. The van der Waals surface area contributed by atoms with Crippen molar-refractivity contribution in [2.24, 2.45) is 11.5 Å². The Hall–Kier alpha value is -0.360. The highest BCUT2D eigenvalue weighted by Gasteiger charge is 2.08. The molecule has 0 spiro atoms. The van der Waals surface area contributed by atoms with Gasteiger partial charge in [0.1, 0.15) is 6.04 Å². The van der Waals surface area contributed by atoms with Crippen molar-refractivity contribution in [1.29, 1.82) is 0 Å². The van der Waals surface area contributed by atoms with Crippen molar-refractivity contribution >= 4 is 17.8 Å². The van der Waals surface area contributed by atoms with E-state index in [1.807, 2.05) is 0 Å². The van der Waals surface area contributed by atoms with Gasteiger partial charge in [-0.2, -0.15) is 0 Å². The molecule has 0 bridgehead atoms. The molecule has 0 radical (unpaired) electrons. The van der Waals surface area contributed by atoms with Gasteiger partial charge >= 0.3 is 5.97 Å². The first-order chi connectivity index (χ1) is 5.18. The van der Waals surface area contributed by atoms with Crippen LogP contribution in [0.4, 0.5) is 0 Å². The van der Waals surface area contributed by atoms with Gasteiger partial charge < -0.3 is 16.6 Å². The lowest BCUT2D eigenvalue weighted by molar-refractivity contribution is -0.138. The minimum absolute atomic E-state index is 0.464. The van der Waals surface area contributed by atoms with E-state index in [1.54, 1.807) is 0 Å². The molecule has 0 heterocycles. The van der Waals surface area contributed by atoms with Crippen LogP contribution in [0.1, 0.15) is 12.8 Å². The third-order valence-electron chi connectivity index (χ3n) is 1.04. The minimum atomic E-state index is -0.955. The summed E-state index contributed by atoms with van der Waals surface area (Å²) in [6.07, 6.45) is 1.14. The summed E-state index contributed by atoms with van der Waals surface area (Å²) in [6, 6.07) is -0.742. The molecule has 5 nitrogen and oxygen atoms in total. The van der Waals surface area contributed by atoms with E-state index in [0.717, 1.165) is 0 Å². The van der Waals surface area contributed by atoms with Crippen molar-refractivity contribution in [3.05, 3.63) is 0 Å². The monoisotopic (exact) mass is 184 g/mol. The number of rotatable bonds is 4. The highest BCUT2D eigenvalue weighted by molar-refractivity contribution is 6.04. The van der Waals surface area contributed by atoms with Gasteiger partial charge in [-0.25, -0.2) is 0 Å². The molecule has 0 saturated carbocycles. The number of halogens is 1. The Morgan fingerprint density at radius 3 is 2.27 bits per heavy atom. The van der Waals surface area contributed by atoms with E-state index in [9.17, 15) is 4.79 Å². The topological polar surface area (TPSA) is 110 Å². The molecule has 6 N–H and O–H groups in total. The summed E-state index contributed by atoms with van der Waals surface area (Å²) >= 11 is 3.64. The minimum Gasteiger partial charge on any atom is -0.480 e. The van der Waals surface area contributed by atoms with Gasteiger partial charge in [0.25, 0.3) is 0 Å². The molecule has 0 aliphatic carbocycles. The number of carboxylic acids is 1. The summed E-state index contributed by atoms with van der Waals surface area (Å²) < 4.78 is 6.47. The fourth-order valence-corrected chi connectivity index (χ4v) is 0.461. The fourth-order valence-electron chi connectivity index (χ4n) is 0.461. The van der Waals surface area contributed by atoms with E-state index in [2.05, 4.69) is 11.9 Å². The zero-order chi connectivity index (χ0) is 9.28. The van der Waals surface area contributed by atoms with Crippen LogP contribution in [0.3, 0.4) is 0 Å². The van der Waals surface area contributed by atoms with Gasteiger partial charge in [0, 0.05) is 0 Å². The fraction of sp³-hybridized carbons (Fsp3) is 0.800. The molecule has 0 aliphatic rings. The van der Waals surface area contributed by atoms with Crippen LogP contribution in [0.15, 0.2) is 0 Å². The molecule has 0 aliphatic heterocycles. The van der Waals surface area contributed by atoms with Crippen LogP contribution in [0.5, 0.6) is 0 Å². The SMILES string of the molecule is NCCC[C@H](N)C(=O)O.OCl. The number of carbonyl (C=O) groups is 1. The smallest absolute Gasteiger partial charge is 0.320 e. The van der Waals surface area contributed by atoms with Crippen molar-refractivity contribution in [2.75, 3.05) is 6.54 Å². The maximum Gasteiger partial charge on any atom is 0.320 e. The molecular weight excluding hydrogens is 172 g/mol. The number of nitrogens with two attached hydrogens (primary N) is 2. The Balaban J connectivity index is 0. The molecule has 11 heavy (non-hydrogen) atoms. The lowest BCUT2D eigenvalue weighted by atomic mass is 10.2. The second-order valence-corrected chi connectivity index (χ2v) is 1.88. The average molecular weight is 185 g/mol. The first-order valence-electron chi connectivity index (χ1n) is 3.04. The lowest BCUT2D eigenvalue weighted by Gasteiger charge is -2.02. The van der Waals surface area contributed by atoms with Gasteiger partial charge in [-0.05, 0) is 19.4 Å². The summed E-state index contributed by atoms with van der Waals surface area (Å²) in [5, 5.41) is 8.24. The molecule has 0 unspecified atom stereocenters. The highest BCUT2D eigenvalue weighted by Crippen LogP contribution is 1.91. The second-order valence-electron chi connectivity index (χ2n) is 1.88. The quantitative estimate of drug-likeness (QED) is 0.461. The van der Waals surface area contributed by atoms with E-state index in [4.69, 9.17) is 21.2 Å². The lowest BCUT2D eigenvalue weighted by Crippen LogP contribution is -2.30. The Morgan fingerprint density at radius 1 is 1.55 bits per heavy atom. The number of carboxylic acid groups (broad SMARTS) is 1. The molecule has 0 aromatic heterocycles. The van der Waals surface area contributed by atoms with Crippen molar-refractivity contribution in [3.63, 3.8) is 0 Å². The molecule has 0 amide bonds. The Kier molecular flexibility index (Phi) is 11.6. The van der Waals surface area contributed by atoms with Crippen molar-refractivity contribution < 1.29 is 14.6 Å². The zero-order valence-corrected chi connectivity index (χ0v) is 6.79. The predicted octanol–water partition coefficient (Wildman–Crippen LogP) is -0.730. The summed E-state index contributed by atoms with van der Waals surface area (Å²) in [5.74, 6) is -0.955. The number of hydrogen-bond acceptors (Lipinski definition) is 4. The van der Waals surface area contributed by atoms with Crippen LogP contribution >= 0.6 is 11.9 Å². The van der Waals surface area contributed by atoms with E-state index in [-0.39, 0.29) is 0 Å². The largest absolute Gasteiger partial charge is 0.480 e. The molecule has 1 atom stereocenters. The third kappa shape index (κ3) is 9.64. The van der Waals surface area contributed by atoms with Crippen molar-refractivity contribution in [2.45, 2.75) is 18.9 Å². The molecule has 0 saturated heterocycles.